The maximum absolute atomic E-state index is 12.6. The Morgan fingerprint density at radius 3 is 1.28 bits per heavy atom. The molecule has 2 aromatic carbocycles. The number of aliphatic imine (C=N–C) groups is 2. The van der Waals surface area contributed by atoms with Crippen LogP contribution in [0.2, 0.25) is 0 Å². The standard InChI is InChI=1S/C30H42N10O6/c1-39(27(41)35-17-19-9-13-21(14-10-19)37-25(31)32)29(43)45-23-5-3-7-24(8-4-6-23)46-30(44)40(2)28(42)36-18-20-11-15-22(16-12-20)38-26(33)34/h9-16,23-24H,3-8,17-18H2,1-2H3,(H,35,41)(H,36,42)(H4,31,32,37)(H4,33,34,38). The number of amides is 6. The van der Waals surface area contributed by atoms with Crippen LogP contribution in [0, 0.1) is 0 Å². The van der Waals surface area contributed by atoms with Crippen LogP contribution >= 0.6 is 0 Å². The quantitative estimate of drug-likeness (QED) is 0.182. The van der Waals surface area contributed by atoms with Crippen LogP contribution in [0.3, 0.4) is 0 Å². The number of rotatable bonds is 8. The van der Waals surface area contributed by atoms with Gasteiger partial charge in [-0.1, -0.05) is 24.3 Å². The fourth-order valence-electron chi connectivity index (χ4n) is 4.55. The van der Waals surface area contributed by atoms with Gasteiger partial charge in [-0.2, -0.15) is 0 Å². The van der Waals surface area contributed by atoms with Crippen LogP contribution in [0.15, 0.2) is 58.5 Å². The molecule has 2 aromatic rings. The molecule has 1 aliphatic rings. The molecule has 0 bridgehead atoms. The van der Waals surface area contributed by atoms with Crippen molar-refractivity contribution < 1.29 is 28.7 Å². The van der Waals surface area contributed by atoms with Crippen molar-refractivity contribution in [3.05, 3.63) is 59.7 Å². The molecule has 0 aromatic heterocycles. The lowest BCUT2D eigenvalue weighted by Gasteiger charge is -2.27. The van der Waals surface area contributed by atoms with Gasteiger partial charge in [0.2, 0.25) is 0 Å². The molecule has 6 amide bonds. The van der Waals surface area contributed by atoms with Crippen LogP contribution in [-0.2, 0) is 22.6 Å². The average molecular weight is 639 g/mol. The number of carbonyl (C=O) groups is 4. The highest BCUT2D eigenvalue weighted by Crippen LogP contribution is 2.23. The monoisotopic (exact) mass is 638 g/mol. The summed E-state index contributed by atoms with van der Waals surface area (Å²) in [6, 6.07) is 12.6. The van der Waals surface area contributed by atoms with Crippen molar-refractivity contribution in [3.8, 4) is 0 Å². The van der Waals surface area contributed by atoms with Crippen molar-refractivity contribution in [2.75, 3.05) is 14.1 Å². The molecule has 0 aliphatic heterocycles. The number of benzene rings is 2. The number of nitrogens with two attached hydrogens (primary N) is 4. The number of ether oxygens (including phenoxy) is 2. The largest absolute Gasteiger partial charge is 0.446 e. The second-order valence-electron chi connectivity index (χ2n) is 10.7. The van der Waals surface area contributed by atoms with Gasteiger partial charge in [-0.3, -0.25) is 0 Å². The first-order valence-electron chi connectivity index (χ1n) is 14.7. The van der Waals surface area contributed by atoms with Gasteiger partial charge in [0, 0.05) is 27.2 Å². The second kappa shape index (κ2) is 17.1. The van der Waals surface area contributed by atoms with Crippen LogP contribution < -0.4 is 33.6 Å². The fourth-order valence-corrected chi connectivity index (χ4v) is 4.55. The zero-order chi connectivity index (χ0) is 33.6. The minimum atomic E-state index is -0.758. The van der Waals surface area contributed by atoms with E-state index in [1.807, 2.05) is 0 Å². The molecule has 16 heteroatoms. The van der Waals surface area contributed by atoms with Gasteiger partial charge in [0.15, 0.2) is 11.9 Å². The Labute approximate surface area is 267 Å². The molecule has 0 saturated heterocycles. The van der Waals surface area contributed by atoms with E-state index in [4.69, 9.17) is 32.4 Å². The fraction of sp³-hybridized carbons (Fsp3) is 0.400. The summed E-state index contributed by atoms with van der Waals surface area (Å²) in [5, 5.41) is 5.34. The number of hydrogen-bond acceptors (Lipinski definition) is 8. The lowest BCUT2D eigenvalue weighted by molar-refractivity contribution is 0.0378. The van der Waals surface area contributed by atoms with Gasteiger partial charge in [-0.25, -0.2) is 39.0 Å². The van der Waals surface area contributed by atoms with E-state index in [0.29, 0.717) is 49.9 Å². The van der Waals surface area contributed by atoms with E-state index < -0.39 is 24.2 Å². The number of nitrogens with zero attached hydrogens (tertiary/aromatic N) is 4. The van der Waals surface area contributed by atoms with Gasteiger partial charge in [0.1, 0.15) is 12.2 Å². The van der Waals surface area contributed by atoms with Crippen molar-refractivity contribution >= 4 is 47.5 Å². The lowest BCUT2D eigenvalue weighted by Crippen LogP contribution is -2.43. The molecular weight excluding hydrogens is 596 g/mol. The molecule has 0 atom stereocenters. The third-order valence-electron chi connectivity index (χ3n) is 7.07. The van der Waals surface area contributed by atoms with Gasteiger partial charge in [0.05, 0.1) is 11.4 Å². The number of hydrogen-bond donors (Lipinski definition) is 6. The highest BCUT2D eigenvalue weighted by atomic mass is 16.6. The molecule has 46 heavy (non-hydrogen) atoms. The molecule has 1 fully saturated rings. The van der Waals surface area contributed by atoms with E-state index in [1.54, 1.807) is 48.5 Å². The summed E-state index contributed by atoms with van der Waals surface area (Å²) in [6.45, 7) is 0.378. The zero-order valence-corrected chi connectivity index (χ0v) is 26.0. The smallest absolute Gasteiger partial charge is 0.417 e. The third-order valence-corrected chi connectivity index (χ3v) is 7.07. The number of imide groups is 2. The molecule has 0 spiro atoms. The first kappa shape index (κ1) is 34.9. The minimum absolute atomic E-state index is 0.0548. The molecule has 0 heterocycles. The Kier molecular flexibility index (Phi) is 13.0. The molecule has 248 valence electrons. The van der Waals surface area contributed by atoms with Gasteiger partial charge in [-0.15, -0.1) is 0 Å². The first-order valence-corrected chi connectivity index (χ1v) is 14.7. The van der Waals surface area contributed by atoms with Crippen LogP contribution in [0.4, 0.5) is 30.6 Å². The molecule has 0 radical (unpaired) electrons. The number of carbonyl (C=O) groups excluding carboxylic acids is 4. The maximum atomic E-state index is 12.6. The van der Waals surface area contributed by atoms with Crippen LogP contribution in [0.5, 0.6) is 0 Å². The van der Waals surface area contributed by atoms with E-state index in [-0.39, 0.29) is 37.2 Å². The van der Waals surface area contributed by atoms with Crippen LogP contribution in [-0.4, -0.2) is 72.3 Å². The van der Waals surface area contributed by atoms with Crippen LogP contribution in [0.1, 0.15) is 49.7 Å². The van der Waals surface area contributed by atoms with E-state index in [0.717, 1.165) is 20.9 Å². The maximum Gasteiger partial charge on any atom is 0.417 e. The van der Waals surface area contributed by atoms with Crippen molar-refractivity contribution in [1.82, 2.24) is 20.4 Å². The first-order chi connectivity index (χ1) is 21.9. The van der Waals surface area contributed by atoms with Gasteiger partial charge < -0.3 is 43.0 Å². The van der Waals surface area contributed by atoms with Crippen molar-refractivity contribution in [1.29, 1.82) is 0 Å². The molecule has 16 nitrogen and oxygen atoms in total. The topological polar surface area (TPSA) is 246 Å². The zero-order valence-electron chi connectivity index (χ0n) is 26.0. The molecule has 1 aliphatic carbocycles. The number of guanidine groups is 2. The minimum Gasteiger partial charge on any atom is -0.446 e. The highest BCUT2D eigenvalue weighted by Gasteiger charge is 2.27. The van der Waals surface area contributed by atoms with Crippen molar-refractivity contribution in [2.24, 2.45) is 32.9 Å². The molecule has 1 saturated carbocycles. The SMILES string of the molecule is CN(C(=O)NCc1ccc(N=C(N)N)cc1)C(=O)OC1CCCC(OC(=O)N(C)C(=O)NCc2ccc(N=C(N)N)cc2)CCC1. The molecule has 10 N–H and O–H groups in total. The Morgan fingerprint density at radius 1 is 0.652 bits per heavy atom. The highest BCUT2D eigenvalue weighted by molar-refractivity contribution is 5.91. The second-order valence-corrected chi connectivity index (χ2v) is 10.7. The van der Waals surface area contributed by atoms with Crippen molar-refractivity contribution in [2.45, 2.75) is 63.8 Å². The van der Waals surface area contributed by atoms with Crippen molar-refractivity contribution in [3.63, 3.8) is 0 Å². The third kappa shape index (κ3) is 11.5. The molecular formula is C30H42N10O6. The summed E-state index contributed by atoms with van der Waals surface area (Å²) in [6.07, 6.45) is 1.10. The van der Waals surface area contributed by atoms with E-state index in [1.165, 1.54) is 14.1 Å². The Balaban J connectivity index is 1.37. The summed E-state index contributed by atoms with van der Waals surface area (Å²) in [7, 11) is 2.69. The average Bonchev–Trinajstić information content (AvgIpc) is 3.00. The van der Waals surface area contributed by atoms with E-state index in [9.17, 15) is 19.2 Å². The number of urea groups is 2. The summed E-state index contributed by atoms with van der Waals surface area (Å²) in [5.41, 5.74) is 24.2. The van der Waals surface area contributed by atoms with E-state index >= 15 is 0 Å². The van der Waals surface area contributed by atoms with Gasteiger partial charge in [0.25, 0.3) is 0 Å². The number of nitrogens with one attached hydrogen (secondary N) is 2. The lowest BCUT2D eigenvalue weighted by atomic mass is 9.96. The predicted molar refractivity (Wildman–Crippen MR) is 172 cm³/mol. The summed E-state index contributed by atoms with van der Waals surface area (Å²) >= 11 is 0. The van der Waals surface area contributed by atoms with Crippen LogP contribution in [0.25, 0.3) is 0 Å². The van der Waals surface area contributed by atoms with Gasteiger partial charge in [-0.05, 0) is 73.9 Å². The van der Waals surface area contributed by atoms with Gasteiger partial charge >= 0.3 is 24.2 Å². The molecule has 3 rings (SSSR count). The Bertz CT molecular complexity index is 1290. The van der Waals surface area contributed by atoms with E-state index in [2.05, 4.69) is 20.6 Å². The summed E-state index contributed by atoms with van der Waals surface area (Å²) < 4.78 is 11.2. The Hall–Kier alpha value is -5.54. The predicted octanol–water partition coefficient (Wildman–Crippen LogP) is 2.84. The Morgan fingerprint density at radius 2 is 0.978 bits per heavy atom. The normalized spacial score (nSPS) is 16.0. The summed E-state index contributed by atoms with van der Waals surface area (Å²) in [4.78, 5) is 59.9. The molecule has 0 unspecified atom stereocenters. The summed E-state index contributed by atoms with van der Waals surface area (Å²) in [5.74, 6) is -0.110.